The van der Waals surface area contributed by atoms with Crippen molar-refractivity contribution in [3.8, 4) is 12.1 Å². The summed E-state index contributed by atoms with van der Waals surface area (Å²) < 4.78 is 15.4. The number of carbonyl (C=O) groups excluding carboxylic acids is 3. The van der Waals surface area contributed by atoms with Crippen LogP contribution in [-0.4, -0.2) is 51.3 Å². The van der Waals surface area contributed by atoms with Crippen molar-refractivity contribution in [3.63, 3.8) is 0 Å². The van der Waals surface area contributed by atoms with Gasteiger partial charge >= 0.3 is 17.9 Å². The van der Waals surface area contributed by atoms with Crippen molar-refractivity contribution in [1.82, 2.24) is 0 Å². The van der Waals surface area contributed by atoms with E-state index in [0.717, 1.165) is 7.11 Å². The van der Waals surface area contributed by atoms with Gasteiger partial charge in [-0.05, 0) is 42.0 Å². The molecule has 9 nitrogen and oxygen atoms in total. The van der Waals surface area contributed by atoms with Gasteiger partial charge in [-0.25, -0.2) is 14.4 Å². The number of allylic oxidation sites excluding steroid dienone is 1. The van der Waals surface area contributed by atoms with E-state index >= 15 is 0 Å². The van der Waals surface area contributed by atoms with E-state index in [1.54, 1.807) is 91.0 Å². The lowest BCUT2D eigenvalue weighted by Crippen LogP contribution is -2.32. The van der Waals surface area contributed by atoms with Gasteiger partial charge in [-0.3, -0.25) is 0 Å². The fraction of sp³-hybridized carbons (Fsp3) is 0.167. The van der Waals surface area contributed by atoms with Gasteiger partial charge in [0.1, 0.15) is 25.4 Å². The highest BCUT2D eigenvalue weighted by Gasteiger charge is 2.18. The molecule has 0 aliphatic heterocycles. The predicted octanol–water partition coefficient (Wildman–Crippen LogP) is 4.18. The molecule has 9 heteroatoms. The maximum absolute atomic E-state index is 12.3. The number of rotatable bonds is 11. The van der Waals surface area contributed by atoms with Crippen molar-refractivity contribution in [2.45, 2.75) is 0 Å². The monoisotopic (exact) mass is 523 g/mol. The Labute approximate surface area is 226 Å². The predicted molar refractivity (Wildman–Crippen MR) is 142 cm³/mol. The molecule has 0 radical (unpaired) electrons. The van der Waals surface area contributed by atoms with Crippen LogP contribution in [0.3, 0.4) is 0 Å². The summed E-state index contributed by atoms with van der Waals surface area (Å²) in [6, 6.07) is 27.4. The van der Waals surface area contributed by atoms with E-state index in [9.17, 15) is 24.9 Å². The molecule has 0 unspecified atom stereocenters. The van der Waals surface area contributed by atoms with E-state index in [-0.39, 0.29) is 31.9 Å². The highest BCUT2D eigenvalue weighted by Crippen LogP contribution is 2.23. The first kappa shape index (κ1) is 28.2. The molecule has 0 aliphatic carbocycles. The summed E-state index contributed by atoms with van der Waals surface area (Å²) in [4.78, 5) is 38.4. The van der Waals surface area contributed by atoms with Crippen LogP contribution >= 0.6 is 0 Å². The Bertz CT molecular complexity index is 1350. The molecule has 0 atom stereocenters. The minimum Gasteiger partial charge on any atom is -0.465 e. The van der Waals surface area contributed by atoms with E-state index < -0.39 is 23.5 Å². The fourth-order valence-corrected chi connectivity index (χ4v) is 3.59. The third kappa shape index (κ3) is 7.78. The summed E-state index contributed by atoms with van der Waals surface area (Å²) in [5.41, 5.74) is 1.38. The Hall–Kier alpha value is -5.41. The second-order valence-electron chi connectivity index (χ2n) is 8.00. The molecule has 0 N–H and O–H groups in total. The van der Waals surface area contributed by atoms with Crippen LogP contribution in [-0.2, 0) is 19.0 Å². The zero-order valence-electron chi connectivity index (χ0n) is 21.2. The molecule has 0 spiro atoms. The molecule has 0 heterocycles. The fourth-order valence-electron chi connectivity index (χ4n) is 3.59. The highest BCUT2D eigenvalue weighted by atomic mass is 16.5. The standard InChI is InChI=1S/C30H25N3O6/c1-37-30(36)27(21-32)26(20-31)22-12-14-25(15-13-22)33(16-18-38-28(34)23-8-4-2-5-9-23)17-19-39-29(35)24-10-6-3-7-11-24/h2-15H,16-19H2,1H3/b27-26-. The number of nitrogens with zero attached hydrogens (tertiary/aromatic N) is 3. The van der Waals surface area contributed by atoms with E-state index in [1.165, 1.54) is 0 Å². The van der Waals surface area contributed by atoms with Crippen molar-refractivity contribution >= 4 is 29.2 Å². The Kier molecular flexibility index (Phi) is 10.4. The van der Waals surface area contributed by atoms with Crippen LogP contribution in [0.5, 0.6) is 0 Å². The number of methoxy groups -OCH3 is 1. The Morgan fingerprint density at radius 2 is 1.18 bits per heavy atom. The van der Waals surface area contributed by atoms with Crippen molar-refractivity contribution < 1.29 is 28.6 Å². The van der Waals surface area contributed by atoms with Crippen LogP contribution in [0, 0.1) is 22.7 Å². The molecule has 0 aromatic heterocycles. The second kappa shape index (κ2) is 14.4. The molecule has 39 heavy (non-hydrogen) atoms. The summed E-state index contributed by atoms with van der Waals surface area (Å²) in [6.45, 7) is 0.694. The largest absolute Gasteiger partial charge is 0.465 e. The van der Waals surface area contributed by atoms with Crippen LogP contribution in [0.25, 0.3) is 5.57 Å². The number of esters is 3. The maximum atomic E-state index is 12.3. The van der Waals surface area contributed by atoms with Crippen LogP contribution in [0.4, 0.5) is 5.69 Å². The van der Waals surface area contributed by atoms with Gasteiger partial charge in [-0.2, -0.15) is 10.5 Å². The van der Waals surface area contributed by atoms with E-state index in [2.05, 4.69) is 4.74 Å². The lowest BCUT2D eigenvalue weighted by atomic mass is 10.0. The van der Waals surface area contributed by atoms with Gasteiger partial charge in [-0.1, -0.05) is 48.5 Å². The van der Waals surface area contributed by atoms with Crippen molar-refractivity contribution in [1.29, 1.82) is 10.5 Å². The number of benzene rings is 3. The molecular weight excluding hydrogens is 498 g/mol. The van der Waals surface area contributed by atoms with E-state index in [0.29, 0.717) is 22.4 Å². The number of hydrogen-bond donors (Lipinski definition) is 0. The molecule has 0 saturated carbocycles. The zero-order chi connectivity index (χ0) is 28.0. The van der Waals surface area contributed by atoms with Gasteiger partial charge < -0.3 is 19.1 Å². The topological polar surface area (TPSA) is 130 Å². The van der Waals surface area contributed by atoms with E-state index in [4.69, 9.17) is 9.47 Å². The Morgan fingerprint density at radius 1 is 0.692 bits per heavy atom. The van der Waals surface area contributed by atoms with Gasteiger partial charge in [0.2, 0.25) is 0 Å². The third-order valence-electron chi connectivity index (χ3n) is 5.59. The molecule has 196 valence electrons. The van der Waals surface area contributed by atoms with Crippen LogP contribution in [0.2, 0.25) is 0 Å². The zero-order valence-corrected chi connectivity index (χ0v) is 21.2. The van der Waals surface area contributed by atoms with Gasteiger partial charge in [0.15, 0.2) is 5.57 Å². The lowest BCUT2D eigenvalue weighted by molar-refractivity contribution is -0.135. The summed E-state index contributed by atoms with van der Waals surface area (Å²) >= 11 is 0. The van der Waals surface area contributed by atoms with Crippen molar-refractivity contribution in [2.75, 3.05) is 38.3 Å². The minimum absolute atomic E-state index is 0.0619. The smallest absolute Gasteiger partial charge is 0.350 e. The SMILES string of the molecule is COC(=O)/C(C#N)=C(/C#N)c1ccc(N(CCOC(=O)c2ccccc2)CCOC(=O)c2ccccc2)cc1. The normalized spacial score (nSPS) is 10.7. The second-order valence-corrected chi connectivity index (χ2v) is 8.00. The van der Waals surface area contributed by atoms with Crippen LogP contribution in [0.1, 0.15) is 26.3 Å². The lowest BCUT2D eigenvalue weighted by Gasteiger charge is -2.25. The number of anilines is 1. The Morgan fingerprint density at radius 3 is 1.59 bits per heavy atom. The highest BCUT2D eigenvalue weighted by molar-refractivity contribution is 6.04. The van der Waals surface area contributed by atoms with Crippen LogP contribution < -0.4 is 4.90 Å². The summed E-state index contributed by atoms with van der Waals surface area (Å²) in [5, 5.41) is 18.9. The number of nitriles is 2. The molecular formula is C30H25N3O6. The summed E-state index contributed by atoms with van der Waals surface area (Å²) in [5.74, 6) is -1.82. The first-order chi connectivity index (χ1) is 19.0. The summed E-state index contributed by atoms with van der Waals surface area (Å²) in [6.07, 6.45) is 0. The van der Waals surface area contributed by atoms with Crippen molar-refractivity contribution in [2.24, 2.45) is 0 Å². The molecule has 3 aromatic rings. The molecule has 0 aliphatic rings. The molecule has 3 rings (SSSR count). The van der Waals surface area contributed by atoms with Gasteiger partial charge in [0, 0.05) is 5.69 Å². The first-order valence-electron chi connectivity index (χ1n) is 11.9. The van der Waals surface area contributed by atoms with Gasteiger partial charge in [0.05, 0.1) is 36.9 Å². The molecule has 3 aromatic carbocycles. The molecule has 0 amide bonds. The number of ether oxygens (including phenoxy) is 3. The Balaban J connectivity index is 1.75. The maximum Gasteiger partial charge on any atom is 0.350 e. The minimum atomic E-state index is -0.903. The van der Waals surface area contributed by atoms with Gasteiger partial charge in [-0.15, -0.1) is 0 Å². The number of carbonyl (C=O) groups is 3. The molecule has 0 bridgehead atoms. The quantitative estimate of drug-likeness (QED) is 0.157. The molecule has 0 saturated heterocycles. The summed E-state index contributed by atoms with van der Waals surface area (Å²) in [7, 11) is 1.13. The average Bonchev–Trinajstić information content (AvgIpc) is 2.99. The van der Waals surface area contributed by atoms with E-state index in [1.807, 2.05) is 11.0 Å². The third-order valence-corrected chi connectivity index (χ3v) is 5.59. The first-order valence-corrected chi connectivity index (χ1v) is 11.9. The van der Waals surface area contributed by atoms with Crippen molar-refractivity contribution in [3.05, 3.63) is 107 Å². The number of hydrogen-bond acceptors (Lipinski definition) is 9. The molecule has 0 fully saturated rings. The average molecular weight is 524 g/mol. The van der Waals surface area contributed by atoms with Gasteiger partial charge in [0.25, 0.3) is 0 Å². The van der Waals surface area contributed by atoms with Crippen LogP contribution in [0.15, 0.2) is 90.5 Å².